The summed E-state index contributed by atoms with van der Waals surface area (Å²) < 4.78 is 0. The lowest BCUT2D eigenvalue weighted by molar-refractivity contribution is 0.133. The van der Waals surface area contributed by atoms with Gasteiger partial charge in [-0.2, -0.15) is 0 Å². The van der Waals surface area contributed by atoms with Crippen LogP contribution in [0.5, 0.6) is 0 Å². The van der Waals surface area contributed by atoms with Gasteiger partial charge < -0.3 is 10.2 Å². The van der Waals surface area contributed by atoms with Crippen LogP contribution in [-0.4, -0.2) is 36.6 Å². The summed E-state index contributed by atoms with van der Waals surface area (Å²) in [6.45, 7) is 10.5. The topological polar surface area (TPSA) is 15.3 Å². The highest BCUT2D eigenvalue weighted by Gasteiger charge is 2.24. The molecule has 0 aliphatic carbocycles. The van der Waals surface area contributed by atoms with Gasteiger partial charge in [-0.3, -0.25) is 0 Å². The van der Waals surface area contributed by atoms with Crippen molar-refractivity contribution in [2.75, 3.05) is 19.6 Å². The summed E-state index contributed by atoms with van der Waals surface area (Å²) in [5.74, 6) is 0.662. The van der Waals surface area contributed by atoms with Crippen LogP contribution in [0.25, 0.3) is 0 Å². The summed E-state index contributed by atoms with van der Waals surface area (Å²) in [5.41, 5.74) is 1.47. The molecule has 0 saturated carbocycles. The Morgan fingerprint density at radius 2 is 2.05 bits per heavy atom. The van der Waals surface area contributed by atoms with Gasteiger partial charge in [0.05, 0.1) is 0 Å². The average molecular weight is 274 g/mol. The lowest BCUT2D eigenvalue weighted by Crippen LogP contribution is -2.47. The second kappa shape index (κ2) is 7.80. The smallest absolute Gasteiger partial charge is 0.00939 e. The minimum Gasteiger partial charge on any atom is -0.314 e. The van der Waals surface area contributed by atoms with Gasteiger partial charge in [0.15, 0.2) is 0 Å². The zero-order valence-corrected chi connectivity index (χ0v) is 13.3. The first kappa shape index (κ1) is 15.5. The van der Waals surface area contributed by atoms with Crippen LogP contribution < -0.4 is 5.32 Å². The van der Waals surface area contributed by atoms with Crippen molar-refractivity contribution in [3.63, 3.8) is 0 Å². The maximum atomic E-state index is 3.60. The third-order valence-corrected chi connectivity index (χ3v) is 4.72. The first-order chi connectivity index (χ1) is 9.70. The SMILES string of the molecule is CCNC1CCN(CCC(C)c2ccccc2)C(C)C1. The van der Waals surface area contributed by atoms with Crippen molar-refractivity contribution in [1.82, 2.24) is 10.2 Å². The maximum Gasteiger partial charge on any atom is 0.00939 e. The predicted octanol–water partition coefficient (Wildman–Crippen LogP) is 3.64. The maximum absolute atomic E-state index is 3.60. The molecule has 1 aliphatic heterocycles. The Morgan fingerprint density at radius 1 is 1.30 bits per heavy atom. The number of hydrogen-bond donors (Lipinski definition) is 1. The monoisotopic (exact) mass is 274 g/mol. The van der Waals surface area contributed by atoms with E-state index in [4.69, 9.17) is 0 Å². The number of hydrogen-bond acceptors (Lipinski definition) is 2. The molecule has 20 heavy (non-hydrogen) atoms. The molecule has 1 heterocycles. The number of benzene rings is 1. The standard InChI is InChI=1S/C18H30N2/c1-4-19-18-11-13-20(16(3)14-18)12-10-15(2)17-8-6-5-7-9-17/h5-9,15-16,18-19H,4,10-14H2,1-3H3. The van der Waals surface area contributed by atoms with E-state index in [9.17, 15) is 0 Å². The Labute approximate surface area is 124 Å². The summed E-state index contributed by atoms with van der Waals surface area (Å²) in [4.78, 5) is 2.67. The molecule has 2 nitrogen and oxygen atoms in total. The van der Waals surface area contributed by atoms with E-state index in [1.54, 1.807) is 0 Å². The number of piperidine rings is 1. The summed E-state index contributed by atoms with van der Waals surface area (Å²) in [6, 6.07) is 12.4. The molecule has 1 N–H and O–H groups in total. The van der Waals surface area contributed by atoms with Crippen LogP contribution in [0.3, 0.4) is 0 Å². The van der Waals surface area contributed by atoms with E-state index in [2.05, 4.69) is 61.3 Å². The van der Waals surface area contributed by atoms with E-state index in [1.807, 2.05) is 0 Å². The fourth-order valence-electron chi connectivity index (χ4n) is 3.33. The average Bonchev–Trinajstić information content (AvgIpc) is 2.47. The summed E-state index contributed by atoms with van der Waals surface area (Å²) >= 11 is 0. The normalized spacial score (nSPS) is 25.6. The minimum atomic E-state index is 0.662. The van der Waals surface area contributed by atoms with E-state index in [0.29, 0.717) is 5.92 Å². The van der Waals surface area contributed by atoms with Gasteiger partial charge in [-0.15, -0.1) is 0 Å². The quantitative estimate of drug-likeness (QED) is 0.852. The zero-order valence-electron chi connectivity index (χ0n) is 13.3. The van der Waals surface area contributed by atoms with Crippen molar-refractivity contribution < 1.29 is 0 Å². The van der Waals surface area contributed by atoms with Crippen LogP contribution in [0, 0.1) is 0 Å². The zero-order chi connectivity index (χ0) is 14.4. The molecule has 2 heteroatoms. The largest absolute Gasteiger partial charge is 0.314 e. The van der Waals surface area contributed by atoms with Crippen molar-refractivity contribution in [3.05, 3.63) is 35.9 Å². The van der Waals surface area contributed by atoms with Gasteiger partial charge in [-0.25, -0.2) is 0 Å². The second-order valence-corrected chi connectivity index (χ2v) is 6.26. The molecule has 2 rings (SSSR count). The van der Waals surface area contributed by atoms with Gasteiger partial charge in [0.25, 0.3) is 0 Å². The third-order valence-electron chi connectivity index (χ3n) is 4.72. The van der Waals surface area contributed by atoms with Crippen LogP contribution in [-0.2, 0) is 0 Å². The molecule has 3 unspecified atom stereocenters. The van der Waals surface area contributed by atoms with Crippen molar-refractivity contribution in [1.29, 1.82) is 0 Å². The number of nitrogens with one attached hydrogen (secondary N) is 1. The molecule has 1 aromatic rings. The van der Waals surface area contributed by atoms with E-state index in [0.717, 1.165) is 18.6 Å². The van der Waals surface area contributed by atoms with Gasteiger partial charge in [-0.05, 0) is 57.3 Å². The van der Waals surface area contributed by atoms with Crippen LogP contribution >= 0.6 is 0 Å². The minimum absolute atomic E-state index is 0.662. The van der Waals surface area contributed by atoms with Crippen LogP contribution in [0.2, 0.25) is 0 Å². The first-order valence-corrected chi connectivity index (χ1v) is 8.23. The number of rotatable bonds is 6. The predicted molar refractivity (Wildman–Crippen MR) is 87.2 cm³/mol. The van der Waals surface area contributed by atoms with Crippen molar-refractivity contribution in [2.45, 2.75) is 58.0 Å². The Bertz CT molecular complexity index is 376. The van der Waals surface area contributed by atoms with E-state index in [-0.39, 0.29) is 0 Å². The highest BCUT2D eigenvalue weighted by Crippen LogP contribution is 2.22. The van der Waals surface area contributed by atoms with Gasteiger partial charge in [0, 0.05) is 12.1 Å². The number of nitrogens with zero attached hydrogens (tertiary/aromatic N) is 1. The Kier molecular flexibility index (Phi) is 6.06. The summed E-state index contributed by atoms with van der Waals surface area (Å²) in [6.07, 6.45) is 3.87. The lowest BCUT2D eigenvalue weighted by Gasteiger charge is -2.38. The third kappa shape index (κ3) is 4.32. The first-order valence-electron chi connectivity index (χ1n) is 8.23. The fraction of sp³-hybridized carbons (Fsp3) is 0.667. The van der Waals surface area contributed by atoms with Crippen molar-refractivity contribution >= 4 is 0 Å². The fourth-order valence-corrected chi connectivity index (χ4v) is 3.33. The molecule has 0 spiro atoms. The van der Waals surface area contributed by atoms with E-state index in [1.165, 1.54) is 37.9 Å². The molecule has 112 valence electrons. The summed E-state index contributed by atoms with van der Waals surface area (Å²) in [7, 11) is 0. The van der Waals surface area contributed by atoms with Crippen molar-refractivity contribution in [3.8, 4) is 0 Å². The van der Waals surface area contributed by atoms with Gasteiger partial charge in [-0.1, -0.05) is 44.2 Å². The van der Waals surface area contributed by atoms with Crippen LogP contribution in [0.4, 0.5) is 0 Å². The molecule has 1 aliphatic rings. The van der Waals surface area contributed by atoms with E-state index < -0.39 is 0 Å². The highest BCUT2D eigenvalue weighted by molar-refractivity contribution is 5.18. The Balaban J connectivity index is 1.77. The van der Waals surface area contributed by atoms with Crippen LogP contribution in [0.15, 0.2) is 30.3 Å². The lowest BCUT2D eigenvalue weighted by atomic mass is 9.94. The molecule has 1 fully saturated rings. The molecular formula is C18H30N2. The van der Waals surface area contributed by atoms with Crippen LogP contribution in [0.1, 0.15) is 51.5 Å². The molecule has 0 bridgehead atoms. The highest BCUT2D eigenvalue weighted by atomic mass is 15.2. The Hall–Kier alpha value is -0.860. The summed E-state index contributed by atoms with van der Waals surface area (Å²) in [5, 5.41) is 3.60. The molecule has 0 amide bonds. The molecule has 1 aromatic carbocycles. The van der Waals surface area contributed by atoms with E-state index >= 15 is 0 Å². The molecule has 1 saturated heterocycles. The Morgan fingerprint density at radius 3 is 2.70 bits per heavy atom. The molecule has 0 aromatic heterocycles. The molecule has 0 radical (unpaired) electrons. The van der Waals surface area contributed by atoms with Gasteiger partial charge in [0.1, 0.15) is 0 Å². The second-order valence-electron chi connectivity index (χ2n) is 6.26. The molecule has 3 atom stereocenters. The van der Waals surface area contributed by atoms with Gasteiger partial charge in [0.2, 0.25) is 0 Å². The van der Waals surface area contributed by atoms with Gasteiger partial charge >= 0.3 is 0 Å². The number of likely N-dealkylation sites (tertiary alicyclic amines) is 1. The van der Waals surface area contributed by atoms with Crippen molar-refractivity contribution in [2.24, 2.45) is 0 Å². The molecular weight excluding hydrogens is 244 g/mol.